The molecule has 1 aromatic heterocycles. The predicted octanol–water partition coefficient (Wildman–Crippen LogP) is 0.841. The largest absolute Gasteiger partial charge is 0.459 e. The number of carbonyl (C=O) groups is 2. The molecule has 2 N–H and O–H groups in total. The lowest BCUT2D eigenvalue weighted by atomic mass is 10.3. The van der Waals surface area contributed by atoms with Gasteiger partial charge in [0, 0.05) is 6.42 Å². The molecule has 0 aliphatic rings. The fraction of sp³-hybridized carbons (Fsp3) is 0.333. The Hall–Kier alpha value is -1.78. The summed E-state index contributed by atoms with van der Waals surface area (Å²) in [6.07, 6.45) is 2.52. The van der Waals surface area contributed by atoms with Crippen LogP contribution in [-0.4, -0.2) is 11.8 Å². The number of rotatable bonds is 3. The number of amides is 2. The first-order chi connectivity index (χ1) is 6.74. The third-order valence-corrected chi connectivity index (χ3v) is 1.54. The topological polar surface area (TPSA) is 71.3 Å². The first-order valence-corrected chi connectivity index (χ1v) is 4.36. The monoisotopic (exact) mass is 196 g/mol. The lowest BCUT2D eigenvalue weighted by Gasteiger charge is -2.03. The summed E-state index contributed by atoms with van der Waals surface area (Å²) >= 11 is 0. The van der Waals surface area contributed by atoms with Gasteiger partial charge in [-0.1, -0.05) is 6.92 Å². The van der Waals surface area contributed by atoms with Crippen LogP contribution < -0.4 is 10.9 Å². The minimum absolute atomic E-state index is 0.168. The Labute approximate surface area is 81.4 Å². The van der Waals surface area contributed by atoms with E-state index in [2.05, 4.69) is 10.9 Å². The molecule has 1 aromatic rings. The summed E-state index contributed by atoms with van der Waals surface area (Å²) in [7, 11) is 0. The number of nitrogens with one attached hydrogen (secondary N) is 2. The van der Waals surface area contributed by atoms with Crippen molar-refractivity contribution in [3.63, 3.8) is 0 Å². The molecule has 2 amide bonds. The van der Waals surface area contributed by atoms with Gasteiger partial charge < -0.3 is 4.42 Å². The highest BCUT2D eigenvalue weighted by Gasteiger charge is 2.08. The normalized spacial score (nSPS) is 9.50. The van der Waals surface area contributed by atoms with Crippen LogP contribution in [0.3, 0.4) is 0 Å². The molecule has 0 saturated heterocycles. The quantitative estimate of drug-likeness (QED) is 0.704. The zero-order valence-corrected chi connectivity index (χ0v) is 7.87. The van der Waals surface area contributed by atoms with Crippen molar-refractivity contribution in [2.24, 2.45) is 0 Å². The van der Waals surface area contributed by atoms with Crippen LogP contribution in [0.2, 0.25) is 0 Å². The van der Waals surface area contributed by atoms with E-state index < -0.39 is 5.91 Å². The molecule has 1 rings (SSSR count). The molecule has 0 aromatic carbocycles. The van der Waals surface area contributed by atoms with Crippen LogP contribution in [0, 0.1) is 0 Å². The highest BCUT2D eigenvalue weighted by atomic mass is 16.3. The second-order valence-corrected chi connectivity index (χ2v) is 2.73. The van der Waals surface area contributed by atoms with E-state index in [9.17, 15) is 9.59 Å². The molecule has 1 heterocycles. The summed E-state index contributed by atoms with van der Waals surface area (Å²) in [6.45, 7) is 1.88. The highest BCUT2D eigenvalue weighted by molar-refractivity contribution is 5.92. The van der Waals surface area contributed by atoms with E-state index in [1.54, 1.807) is 6.07 Å². The van der Waals surface area contributed by atoms with Crippen LogP contribution in [0.5, 0.6) is 0 Å². The molecule has 0 saturated carbocycles. The molecule has 5 heteroatoms. The Bertz CT molecular complexity index is 306. The standard InChI is InChI=1S/C9H12N2O3/c1-2-4-8(12)10-11-9(13)7-5-3-6-14-7/h3,5-6H,2,4H2,1H3,(H,10,12)(H,11,13). The van der Waals surface area contributed by atoms with E-state index in [-0.39, 0.29) is 11.7 Å². The fourth-order valence-corrected chi connectivity index (χ4v) is 0.885. The third-order valence-electron chi connectivity index (χ3n) is 1.54. The van der Waals surface area contributed by atoms with Crippen molar-refractivity contribution in [1.82, 2.24) is 10.9 Å². The van der Waals surface area contributed by atoms with Gasteiger partial charge in [0.15, 0.2) is 5.76 Å². The van der Waals surface area contributed by atoms with E-state index in [0.717, 1.165) is 6.42 Å². The first kappa shape index (κ1) is 10.3. The summed E-state index contributed by atoms with van der Waals surface area (Å²) in [4.78, 5) is 22.2. The van der Waals surface area contributed by atoms with Gasteiger partial charge >= 0.3 is 5.91 Å². The summed E-state index contributed by atoms with van der Waals surface area (Å²) in [6, 6.07) is 3.12. The SMILES string of the molecule is CCCC(=O)NNC(=O)c1ccco1. The number of hydrogen-bond acceptors (Lipinski definition) is 3. The molecule has 14 heavy (non-hydrogen) atoms. The highest BCUT2D eigenvalue weighted by Crippen LogP contribution is 1.98. The van der Waals surface area contributed by atoms with Gasteiger partial charge in [0.05, 0.1) is 6.26 Å². The Balaban J connectivity index is 2.32. The molecule has 0 fully saturated rings. The Morgan fingerprint density at radius 3 is 2.79 bits per heavy atom. The lowest BCUT2D eigenvalue weighted by Crippen LogP contribution is -2.41. The molecular weight excluding hydrogens is 184 g/mol. The molecule has 0 aliphatic carbocycles. The van der Waals surface area contributed by atoms with Gasteiger partial charge in [0.1, 0.15) is 0 Å². The summed E-state index contributed by atoms with van der Waals surface area (Å²) in [5.74, 6) is -0.506. The second kappa shape index (κ2) is 5.06. The van der Waals surface area contributed by atoms with Gasteiger partial charge in [-0.2, -0.15) is 0 Å². The molecule has 0 radical (unpaired) electrons. The van der Waals surface area contributed by atoms with Gasteiger partial charge in [-0.3, -0.25) is 20.4 Å². The van der Waals surface area contributed by atoms with Crippen molar-refractivity contribution in [1.29, 1.82) is 0 Å². The maximum Gasteiger partial charge on any atom is 0.305 e. The molecule has 5 nitrogen and oxygen atoms in total. The van der Waals surface area contributed by atoms with Crippen LogP contribution in [0.4, 0.5) is 0 Å². The summed E-state index contributed by atoms with van der Waals surface area (Å²) < 4.78 is 4.82. The maximum absolute atomic E-state index is 11.2. The van der Waals surface area contributed by atoms with Gasteiger partial charge in [-0.15, -0.1) is 0 Å². The average Bonchev–Trinajstić information content (AvgIpc) is 2.67. The molecule has 76 valence electrons. The van der Waals surface area contributed by atoms with Crippen molar-refractivity contribution < 1.29 is 14.0 Å². The van der Waals surface area contributed by atoms with E-state index in [4.69, 9.17) is 4.42 Å². The average molecular weight is 196 g/mol. The van der Waals surface area contributed by atoms with Crippen molar-refractivity contribution in [2.75, 3.05) is 0 Å². The van der Waals surface area contributed by atoms with Crippen LogP contribution in [0.1, 0.15) is 30.3 Å². The summed E-state index contributed by atoms with van der Waals surface area (Å²) in [5, 5.41) is 0. The number of furan rings is 1. The Morgan fingerprint density at radius 1 is 1.43 bits per heavy atom. The van der Waals surface area contributed by atoms with E-state index in [1.165, 1.54) is 12.3 Å². The van der Waals surface area contributed by atoms with Crippen LogP contribution in [-0.2, 0) is 4.79 Å². The van der Waals surface area contributed by atoms with Gasteiger partial charge in [-0.05, 0) is 18.6 Å². The third kappa shape index (κ3) is 2.93. The van der Waals surface area contributed by atoms with Crippen LogP contribution in [0.15, 0.2) is 22.8 Å². The lowest BCUT2D eigenvalue weighted by molar-refractivity contribution is -0.121. The van der Waals surface area contributed by atoms with Crippen molar-refractivity contribution in [3.8, 4) is 0 Å². The first-order valence-electron chi connectivity index (χ1n) is 4.36. The smallest absolute Gasteiger partial charge is 0.305 e. The van der Waals surface area contributed by atoms with Crippen LogP contribution in [0.25, 0.3) is 0 Å². The van der Waals surface area contributed by atoms with Crippen molar-refractivity contribution in [3.05, 3.63) is 24.2 Å². The minimum atomic E-state index is -0.459. The van der Waals surface area contributed by atoms with Gasteiger partial charge in [0.2, 0.25) is 5.91 Å². The molecular formula is C9H12N2O3. The van der Waals surface area contributed by atoms with E-state index >= 15 is 0 Å². The van der Waals surface area contributed by atoms with Crippen molar-refractivity contribution in [2.45, 2.75) is 19.8 Å². The summed E-state index contributed by atoms with van der Waals surface area (Å²) in [5.41, 5.74) is 4.51. The predicted molar refractivity (Wildman–Crippen MR) is 49.2 cm³/mol. The zero-order valence-electron chi connectivity index (χ0n) is 7.87. The molecule has 0 spiro atoms. The molecule has 0 bridgehead atoms. The van der Waals surface area contributed by atoms with E-state index in [1.807, 2.05) is 6.92 Å². The van der Waals surface area contributed by atoms with Crippen molar-refractivity contribution >= 4 is 11.8 Å². The molecule has 0 unspecified atom stereocenters. The Morgan fingerprint density at radius 2 is 2.21 bits per heavy atom. The second-order valence-electron chi connectivity index (χ2n) is 2.73. The van der Waals surface area contributed by atoms with Crippen LogP contribution >= 0.6 is 0 Å². The minimum Gasteiger partial charge on any atom is -0.459 e. The fourth-order valence-electron chi connectivity index (χ4n) is 0.885. The zero-order chi connectivity index (χ0) is 10.4. The number of hydrazine groups is 1. The maximum atomic E-state index is 11.2. The van der Waals surface area contributed by atoms with E-state index in [0.29, 0.717) is 6.42 Å². The van der Waals surface area contributed by atoms with Gasteiger partial charge in [-0.25, -0.2) is 0 Å². The number of hydrogen-bond donors (Lipinski definition) is 2. The van der Waals surface area contributed by atoms with Gasteiger partial charge in [0.25, 0.3) is 0 Å². The molecule has 0 aliphatic heterocycles. The Kier molecular flexibility index (Phi) is 3.72. The number of carbonyl (C=O) groups excluding carboxylic acids is 2. The molecule has 0 atom stereocenters.